The fraction of sp³-hybridized carbons (Fsp3) is 0.250. The standard InChI is InChI=1S/C20H20FN5O2/c1-12-17(19(27)25-15-9-5-6-10-16(15)28-2)18(13-7-3-4-8-14(13)21)26-20(24-12)22-11-23-26/h3-12,17-18H,1-2H3,(H,25,27)(H,22,23,24)/t12-,17-,18+/m1/s1. The van der Waals surface area contributed by atoms with Crippen molar-refractivity contribution in [3.63, 3.8) is 0 Å². The number of para-hydroxylation sites is 2. The van der Waals surface area contributed by atoms with E-state index in [0.29, 0.717) is 22.9 Å². The Bertz CT molecular complexity index is 1010. The molecule has 0 spiro atoms. The summed E-state index contributed by atoms with van der Waals surface area (Å²) >= 11 is 0. The molecule has 0 bridgehead atoms. The van der Waals surface area contributed by atoms with Gasteiger partial charge in [0, 0.05) is 11.6 Å². The van der Waals surface area contributed by atoms with Gasteiger partial charge in [-0.2, -0.15) is 10.1 Å². The third kappa shape index (κ3) is 3.06. The van der Waals surface area contributed by atoms with Gasteiger partial charge in [-0.15, -0.1) is 0 Å². The van der Waals surface area contributed by atoms with Crippen LogP contribution in [-0.2, 0) is 4.79 Å². The first-order chi connectivity index (χ1) is 13.6. The van der Waals surface area contributed by atoms with Crippen molar-refractivity contribution in [2.45, 2.75) is 19.0 Å². The quantitative estimate of drug-likeness (QED) is 0.726. The summed E-state index contributed by atoms with van der Waals surface area (Å²) in [5.41, 5.74) is 0.946. The number of fused-ring (bicyclic) bond motifs is 1. The summed E-state index contributed by atoms with van der Waals surface area (Å²) in [4.78, 5) is 17.5. The minimum absolute atomic E-state index is 0.265. The lowest BCUT2D eigenvalue weighted by atomic mass is 9.85. The summed E-state index contributed by atoms with van der Waals surface area (Å²) < 4.78 is 21.5. The van der Waals surface area contributed by atoms with E-state index in [4.69, 9.17) is 4.74 Å². The third-order valence-electron chi connectivity index (χ3n) is 4.96. The molecular weight excluding hydrogens is 361 g/mol. The number of benzene rings is 2. The van der Waals surface area contributed by atoms with Gasteiger partial charge in [0.2, 0.25) is 11.9 Å². The van der Waals surface area contributed by atoms with Crippen LogP contribution in [-0.4, -0.2) is 33.8 Å². The molecular formula is C20H20FN5O2. The summed E-state index contributed by atoms with van der Waals surface area (Å²) in [5, 5.41) is 10.3. The van der Waals surface area contributed by atoms with Crippen LogP contribution in [0.15, 0.2) is 54.9 Å². The molecule has 2 N–H and O–H groups in total. The van der Waals surface area contributed by atoms with E-state index in [1.54, 1.807) is 42.1 Å². The Balaban J connectivity index is 1.75. The van der Waals surface area contributed by atoms with Crippen molar-refractivity contribution in [1.82, 2.24) is 14.8 Å². The number of ether oxygens (including phenoxy) is 1. The molecule has 3 aromatic rings. The number of amides is 1. The molecule has 1 amide bonds. The Hall–Kier alpha value is -3.42. The largest absolute Gasteiger partial charge is 0.495 e. The number of halogens is 1. The van der Waals surface area contributed by atoms with Crippen LogP contribution >= 0.6 is 0 Å². The third-order valence-corrected chi connectivity index (χ3v) is 4.96. The molecule has 2 heterocycles. The molecule has 1 aliphatic rings. The molecule has 1 aromatic heterocycles. The molecule has 3 atom stereocenters. The second-order valence-corrected chi connectivity index (χ2v) is 6.64. The van der Waals surface area contributed by atoms with Gasteiger partial charge in [-0.1, -0.05) is 30.3 Å². The summed E-state index contributed by atoms with van der Waals surface area (Å²) in [6.07, 6.45) is 1.39. The molecule has 0 unspecified atom stereocenters. The second-order valence-electron chi connectivity index (χ2n) is 6.64. The maximum absolute atomic E-state index is 14.7. The Morgan fingerprint density at radius 1 is 1.21 bits per heavy atom. The molecule has 0 fully saturated rings. The summed E-state index contributed by atoms with van der Waals surface area (Å²) in [6.45, 7) is 1.87. The van der Waals surface area contributed by atoms with Crippen LogP contribution in [0.2, 0.25) is 0 Å². The molecule has 1 aliphatic heterocycles. The number of carbonyl (C=O) groups is 1. The highest BCUT2D eigenvalue weighted by atomic mass is 19.1. The average Bonchev–Trinajstić information content (AvgIpc) is 3.16. The lowest BCUT2D eigenvalue weighted by molar-refractivity contribution is -0.121. The van der Waals surface area contributed by atoms with E-state index in [9.17, 15) is 9.18 Å². The lowest BCUT2D eigenvalue weighted by Gasteiger charge is -2.37. The molecule has 0 aliphatic carbocycles. The van der Waals surface area contributed by atoms with Gasteiger partial charge in [0.05, 0.1) is 24.8 Å². The van der Waals surface area contributed by atoms with Gasteiger partial charge in [0.15, 0.2) is 0 Å². The van der Waals surface area contributed by atoms with Crippen molar-refractivity contribution in [3.05, 3.63) is 66.2 Å². The number of nitrogens with zero attached hydrogens (tertiary/aromatic N) is 3. The van der Waals surface area contributed by atoms with Crippen molar-refractivity contribution < 1.29 is 13.9 Å². The molecule has 7 nitrogen and oxygen atoms in total. The first kappa shape index (κ1) is 18.0. The van der Waals surface area contributed by atoms with E-state index in [0.717, 1.165) is 0 Å². The predicted molar refractivity (Wildman–Crippen MR) is 103 cm³/mol. The van der Waals surface area contributed by atoms with Crippen LogP contribution in [0.4, 0.5) is 16.0 Å². The molecule has 0 saturated carbocycles. The summed E-state index contributed by atoms with van der Waals surface area (Å²) in [5.74, 6) is -0.230. The number of hydrogen-bond donors (Lipinski definition) is 2. The van der Waals surface area contributed by atoms with Gasteiger partial charge in [-0.3, -0.25) is 4.79 Å². The molecule has 0 radical (unpaired) electrons. The molecule has 28 heavy (non-hydrogen) atoms. The van der Waals surface area contributed by atoms with Crippen molar-refractivity contribution in [3.8, 4) is 5.75 Å². The number of hydrogen-bond acceptors (Lipinski definition) is 5. The number of carbonyl (C=O) groups excluding carboxylic acids is 1. The fourth-order valence-corrected chi connectivity index (χ4v) is 3.65. The zero-order valence-corrected chi connectivity index (χ0v) is 15.5. The minimum atomic E-state index is -0.635. The molecule has 2 aromatic carbocycles. The van der Waals surface area contributed by atoms with Gasteiger partial charge in [-0.05, 0) is 25.1 Å². The lowest BCUT2D eigenvalue weighted by Crippen LogP contribution is -2.47. The van der Waals surface area contributed by atoms with Gasteiger partial charge < -0.3 is 15.4 Å². The number of rotatable bonds is 4. The van der Waals surface area contributed by atoms with Crippen LogP contribution in [0, 0.1) is 11.7 Å². The van der Waals surface area contributed by atoms with Crippen LogP contribution in [0.1, 0.15) is 18.5 Å². The number of anilines is 2. The van der Waals surface area contributed by atoms with E-state index in [1.165, 1.54) is 12.4 Å². The van der Waals surface area contributed by atoms with Crippen molar-refractivity contribution in [2.24, 2.45) is 5.92 Å². The van der Waals surface area contributed by atoms with Gasteiger partial charge >= 0.3 is 0 Å². The first-order valence-corrected chi connectivity index (χ1v) is 8.94. The second kappa shape index (κ2) is 7.30. The maximum Gasteiger partial charge on any atom is 0.232 e. The number of aromatic nitrogens is 3. The molecule has 4 rings (SSSR count). The first-order valence-electron chi connectivity index (χ1n) is 8.94. The van der Waals surface area contributed by atoms with Crippen LogP contribution in [0.5, 0.6) is 5.75 Å². The highest BCUT2D eigenvalue weighted by molar-refractivity contribution is 5.95. The fourth-order valence-electron chi connectivity index (χ4n) is 3.65. The Morgan fingerprint density at radius 3 is 2.75 bits per heavy atom. The monoisotopic (exact) mass is 381 g/mol. The number of methoxy groups -OCH3 is 1. The maximum atomic E-state index is 14.7. The Morgan fingerprint density at radius 2 is 1.96 bits per heavy atom. The molecule has 0 saturated heterocycles. The minimum Gasteiger partial charge on any atom is -0.495 e. The van der Waals surface area contributed by atoms with E-state index >= 15 is 0 Å². The number of nitrogens with one attached hydrogen (secondary N) is 2. The highest BCUT2D eigenvalue weighted by Crippen LogP contribution is 2.38. The highest BCUT2D eigenvalue weighted by Gasteiger charge is 2.42. The van der Waals surface area contributed by atoms with Crippen LogP contribution < -0.4 is 15.4 Å². The Labute approximate surface area is 161 Å². The topological polar surface area (TPSA) is 81.1 Å². The van der Waals surface area contributed by atoms with Gasteiger partial charge in [0.25, 0.3) is 0 Å². The zero-order valence-electron chi connectivity index (χ0n) is 15.5. The van der Waals surface area contributed by atoms with E-state index in [2.05, 4.69) is 20.7 Å². The molecule has 144 valence electrons. The van der Waals surface area contributed by atoms with E-state index in [-0.39, 0.29) is 11.9 Å². The average molecular weight is 381 g/mol. The van der Waals surface area contributed by atoms with Gasteiger partial charge in [0.1, 0.15) is 17.9 Å². The smallest absolute Gasteiger partial charge is 0.232 e. The Kier molecular flexibility index (Phi) is 4.68. The van der Waals surface area contributed by atoms with Crippen LogP contribution in [0.25, 0.3) is 0 Å². The normalized spacial score (nSPS) is 20.8. The van der Waals surface area contributed by atoms with Gasteiger partial charge in [-0.25, -0.2) is 9.07 Å². The van der Waals surface area contributed by atoms with E-state index in [1.807, 2.05) is 19.1 Å². The summed E-state index contributed by atoms with van der Waals surface area (Å²) in [7, 11) is 1.54. The van der Waals surface area contributed by atoms with E-state index < -0.39 is 17.8 Å². The van der Waals surface area contributed by atoms with Crippen molar-refractivity contribution in [1.29, 1.82) is 0 Å². The summed E-state index contributed by atoms with van der Waals surface area (Å²) in [6, 6.07) is 12.7. The zero-order chi connectivity index (χ0) is 19.7. The van der Waals surface area contributed by atoms with Crippen molar-refractivity contribution >= 4 is 17.5 Å². The SMILES string of the molecule is COc1ccccc1NC(=O)[C@@H]1[C@@H](C)Nc2ncnn2[C@H]1c1ccccc1F. The molecule has 8 heteroatoms. The predicted octanol–water partition coefficient (Wildman–Crippen LogP) is 3.08. The van der Waals surface area contributed by atoms with Crippen LogP contribution in [0.3, 0.4) is 0 Å². The van der Waals surface area contributed by atoms with Crippen molar-refractivity contribution in [2.75, 3.05) is 17.7 Å².